The summed E-state index contributed by atoms with van der Waals surface area (Å²) in [6.45, 7) is 5.52. The van der Waals surface area contributed by atoms with Gasteiger partial charge in [-0.1, -0.05) is 13.8 Å². The maximum atomic E-state index is 5.69. The van der Waals surface area contributed by atoms with E-state index in [4.69, 9.17) is 13.9 Å². The third-order valence-electron chi connectivity index (χ3n) is 2.00. The van der Waals surface area contributed by atoms with Crippen LogP contribution in [-0.2, 0) is 13.9 Å². The van der Waals surface area contributed by atoms with Crippen molar-refractivity contribution in [2.24, 2.45) is 0 Å². The van der Waals surface area contributed by atoms with Crippen molar-refractivity contribution in [2.75, 3.05) is 19.0 Å². The summed E-state index contributed by atoms with van der Waals surface area (Å²) in [5.74, 6) is 0.0403. The summed E-state index contributed by atoms with van der Waals surface area (Å²) >= 11 is 4.20. The molecule has 0 unspecified atom stereocenters. The lowest BCUT2D eigenvalue weighted by Crippen LogP contribution is -2.39. The van der Waals surface area contributed by atoms with Crippen LogP contribution < -0.4 is 0 Å². The molecule has 0 saturated heterocycles. The Labute approximate surface area is 102 Å². The molecule has 0 fully saturated rings. The molecule has 5 heteroatoms. The molecule has 0 aliphatic heterocycles. The molecular formula is C10H24O3SSi. The van der Waals surface area contributed by atoms with E-state index in [1.165, 1.54) is 0 Å². The monoisotopic (exact) mass is 252 g/mol. The summed E-state index contributed by atoms with van der Waals surface area (Å²) < 4.78 is 16.9. The van der Waals surface area contributed by atoms with Gasteiger partial charge < -0.3 is 13.9 Å². The van der Waals surface area contributed by atoms with Gasteiger partial charge in [0.1, 0.15) is 0 Å². The predicted octanol–water partition coefficient (Wildman–Crippen LogP) is 1.50. The normalized spacial score (nSPS) is 12.2. The molecule has 92 valence electrons. The fraction of sp³-hybridized carbons (Fsp3) is 1.00. The van der Waals surface area contributed by atoms with Crippen molar-refractivity contribution in [2.45, 2.75) is 45.5 Å². The molecule has 0 spiro atoms. The van der Waals surface area contributed by atoms with Gasteiger partial charge in [-0.15, -0.1) is 0 Å². The molecular weight excluding hydrogens is 228 g/mol. The van der Waals surface area contributed by atoms with E-state index < -0.39 is 5.97 Å². The molecule has 0 atom stereocenters. The molecule has 0 aromatic heterocycles. The minimum atomic E-state index is -0.791. The Morgan fingerprint density at radius 3 is 2.00 bits per heavy atom. The zero-order valence-corrected chi connectivity index (χ0v) is 13.0. The number of ether oxygens (including phenoxy) is 2. The number of hydrogen-bond donors (Lipinski definition) is 1. The predicted molar refractivity (Wildman–Crippen MR) is 69.3 cm³/mol. The van der Waals surface area contributed by atoms with Crippen LogP contribution in [0, 0.1) is 0 Å². The minimum absolute atomic E-state index is 0.621. The number of thiol groups is 1. The molecule has 0 saturated carbocycles. The quantitative estimate of drug-likeness (QED) is 0.363. The average Bonchev–Trinajstić information content (AvgIpc) is 2.29. The highest BCUT2D eigenvalue weighted by molar-refractivity contribution is 7.80. The van der Waals surface area contributed by atoms with Crippen molar-refractivity contribution in [3.63, 3.8) is 0 Å². The van der Waals surface area contributed by atoms with Crippen LogP contribution in [0.25, 0.3) is 0 Å². The molecule has 0 rings (SSSR count). The molecule has 3 nitrogen and oxygen atoms in total. The number of hydrogen-bond acceptors (Lipinski definition) is 4. The largest absolute Gasteiger partial charge is 0.380 e. The van der Waals surface area contributed by atoms with Gasteiger partial charge in [-0.3, -0.25) is 0 Å². The third kappa shape index (κ3) is 6.58. The first-order valence-electron chi connectivity index (χ1n) is 5.68. The van der Waals surface area contributed by atoms with E-state index in [0.29, 0.717) is 23.7 Å². The summed E-state index contributed by atoms with van der Waals surface area (Å²) in [4.78, 5) is 0. The third-order valence-corrected chi connectivity index (χ3v) is 2.94. The standard InChI is InChI=1S/C10H24O3SSi/c1-3-7-11-10(13-15,6-5-9-14)12-8-4-2/h14H,3-9H2,1-2,15H3. The van der Waals surface area contributed by atoms with Crippen LogP contribution in [0.5, 0.6) is 0 Å². The Kier molecular flexibility index (Phi) is 9.94. The lowest BCUT2D eigenvalue weighted by Gasteiger charge is -2.32. The van der Waals surface area contributed by atoms with Gasteiger partial charge in [0.05, 0.1) is 13.2 Å². The van der Waals surface area contributed by atoms with Gasteiger partial charge >= 0.3 is 0 Å². The van der Waals surface area contributed by atoms with Crippen molar-refractivity contribution < 1.29 is 13.9 Å². The van der Waals surface area contributed by atoms with Gasteiger partial charge in [0, 0.05) is 6.42 Å². The summed E-state index contributed by atoms with van der Waals surface area (Å²) in [6.07, 6.45) is 3.66. The second kappa shape index (κ2) is 9.66. The van der Waals surface area contributed by atoms with Crippen LogP contribution >= 0.6 is 12.6 Å². The van der Waals surface area contributed by atoms with Crippen LogP contribution in [0.3, 0.4) is 0 Å². The molecule has 0 aliphatic rings. The Morgan fingerprint density at radius 1 is 1.13 bits per heavy atom. The maximum Gasteiger partial charge on any atom is 0.272 e. The van der Waals surface area contributed by atoms with Gasteiger partial charge in [0.15, 0.2) is 10.5 Å². The van der Waals surface area contributed by atoms with Gasteiger partial charge in [-0.2, -0.15) is 12.6 Å². The Hall–Kier alpha value is 0.447. The van der Waals surface area contributed by atoms with Crippen molar-refractivity contribution in [3.05, 3.63) is 0 Å². The van der Waals surface area contributed by atoms with Gasteiger partial charge in [-0.25, -0.2) is 0 Å². The Balaban J connectivity index is 4.16. The molecule has 0 amide bonds. The van der Waals surface area contributed by atoms with Crippen molar-refractivity contribution >= 4 is 23.1 Å². The minimum Gasteiger partial charge on any atom is -0.380 e. The fourth-order valence-electron chi connectivity index (χ4n) is 1.22. The Morgan fingerprint density at radius 2 is 1.67 bits per heavy atom. The molecule has 0 N–H and O–H groups in total. The Bertz CT molecular complexity index is 125. The first-order valence-corrected chi connectivity index (χ1v) is 7.13. The van der Waals surface area contributed by atoms with E-state index >= 15 is 0 Å². The summed E-state index contributed by atoms with van der Waals surface area (Å²) in [5, 5.41) is 0. The van der Waals surface area contributed by atoms with E-state index in [1.54, 1.807) is 0 Å². The zero-order chi connectivity index (χ0) is 11.6. The molecule has 0 aromatic rings. The van der Waals surface area contributed by atoms with E-state index in [2.05, 4.69) is 26.5 Å². The summed E-state index contributed by atoms with van der Waals surface area (Å²) in [5.41, 5.74) is 0. The average molecular weight is 252 g/mol. The van der Waals surface area contributed by atoms with Crippen LogP contribution in [0.4, 0.5) is 0 Å². The fourth-order valence-corrected chi connectivity index (χ4v) is 1.81. The number of rotatable bonds is 10. The topological polar surface area (TPSA) is 27.7 Å². The second-order valence-corrected chi connectivity index (χ2v) is 4.27. The van der Waals surface area contributed by atoms with Crippen LogP contribution in [0.1, 0.15) is 39.5 Å². The van der Waals surface area contributed by atoms with Crippen LogP contribution in [0.2, 0.25) is 0 Å². The lowest BCUT2D eigenvalue weighted by molar-refractivity contribution is -0.346. The highest BCUT2D eigenvalue weighted by Gasteiger charge is 2.30. The molecule has 0 aromatic carbocycles. The van der Waals surface area contributed by atoms with Crippen molar-refractivity contribution in [1.29, 1.82) is 0 Å². The van der Waals surface area contributed by atoms with Crippen molar-refractivity contribution in [1.82, 2.24) is 0 Å². The molecule has 0 aliphatic carbocycles. The SMILES string of the molecule is CCCOC(CCCS)(O[SiH3])OCCC. The van der Waals surface area contributed by atoms with E-state index in [1.807, 2.05) is 0 Å². The summed E-state index contributed by atoms with van der Waals surface area (Å²) in [6, 6.07) is 0. The first kappa shape index (κ1) is 15.4. The lowest BCUT2D eigenvalue weighted by atomic mass is 10.3. The summed E-state index contributed by atoms with van der Waals surface area (Å²) in [7, 11) is 0.621. The highest BCUT2D eigenvalue weighted by atomic mass is 32.1. The van der Waals surface area contributed by atoms with Gasteiger partial charge in [0.25, 0.3) is 5.97 Å². The van der Waals surface area contributed by atoms with Crippen LogP contribution in [0.15, 0.2) is 0 Å². The molecule has 0 radical (unpaired) electrons. The highest BCUT2D eigenvalue weighted by Crippen LogP contribution is 2.22. The zero-order valence-electron chi connectivity index (χ0n) is 10.1. The molecule has 0 heterocycles. The first-order chi connectivity index (χ1) is 7.24. The second-order valence-electron chi connectivity index (χ2n) is 3.41. The van der Waals surface area contributed by atoms with Crippen molar-refractivity contribution in [3.8, 4) is 0 Å². The van der Waals surface area contributed by atoms with Gasteiger partial charge in [0.2, 0.25) is 0 Å². The molecule has 15 heavy (non-hydrogen) atoms. The van der Waals surface area contributed by atoms with E-state index in [-0.39, 0.29) is 0 Å². The van der Waals surface area contributed by atoms with Gasteiger partial charge in [-0.05, 0) is 25.0 Å². The maximum absolute atomic E-state index is 5.69. The molecule has 0 bridgehead atoms. The van der Waals surface area contributed by atoms with E-state index in [0.717, 1.165) is 31.4 Å². The smallest absolute Gasteiger partial charge is 0.272 e. The van der Waals surface area contributed by atoms with E-state index in [9.17, 15) is 0 Å². The van der Waals surface area contributed by atoms with Crippen LogP contribution in [-0.4, -0.2) is 35.4 Å².